The molecule has 0 spiro atoms. The van der Waals surface area contributed by atoms with E-state index >= 15 is 0 Å². The van der Waals surface area contributed by atoms with Gasteiger partial charge in [0.2, 0.25) is 0 Å². The zero-order valence-electron chi connectivity index (χ0n) is 10.5. The number of hydrogen-bond acceptors (Lipinski definition) is 4. The summed E-state index contributed by atoms with van der Waals surface area (Å²) < 4.78 is 5.46. The fourth-order valence-electron chi connectivity index (χ4n) is 2.17. The Kier molecular flexibility index (Phi) is 3.37. The summed E-state index contributed by atoms with van der Waals surface area (Å²) in [6.45, 7) is 1.32. The highest BCUT2D eigenvalue weighted by molar-refractivity contribution is 5.93. The van der Waals surface area contributed by atoms with E-state index in [4.69, 9.17) is 4.74 Å². The molecular weight excluding hydrogens is 242 g/mol. The van der Waals surface area contributed by atoms with Gasteiger partial charge in [0.1, 0.15) is 5.69 Å². The van der Waals surface area contributed by atoms with Crippen LogP contribution in [0.25, 0.3) is 11.0 Å². The van der Waals surface area contributed by atoms with Crippen molar-refractivity contribution in [3.8, 4) is 0 Å². The molecule has 1 unspecified atom stereocenters. The number of nitrogens with zero attached hydrogens (tertiary/aromatic N) is 2. The molecule has 19 heavy (non-hydrogen) atoms. The lowest BCUT2D eigenvalue weighted by atomic mass is 10.2. The molecule has 1 aromatic carbocycles. The first-order valence-corrected chi connectivity index (χ1v) is 6.44. The minimum atomic E-state index is -0.200. The topological polar surface area (TPSA) is 64.1 Å². The number of rotatable bonds is 3. The number of aromatic nitrogens is 2. The minimum absolute atomic E-state index is 0.136. The third-order valence-electron chi connectivity index (χ3n) is 3.20. The van der Waals surface area contributed by atoms with E-state index in [2.05, 4.69) is 15.3 Å². The summed E-state index contributed by atoms with van der Waals surface area (Å²) >= 11 is 0. The van der Waals surface area contributed by atoms with Gasteiger partial charge in [-0.2, -0.15) is 0 Å². The molecular formula is C14H15N3O2. The Hall–Kier alpha value is -2.01. The lowest BCUT2D eigenvalue weighted by Crippen LogP contribution is -2.32. The standard InChI is InChI=1S/C14H15N3O2/c18-14(16-8-10-4-3-7-19-10)13-9-15-11-5-1-2-6-12(11)17-13/h1-2,5-6,9-10H,3-4,7-8H2,(H,16,18). The highest BCUT2D eigenvalue weighted by Gasteiger charge is 2.17. The summed E-state index contributed by atoms with van der Waals surface area (Å²) in [7, 11) is 0. The van der Waals surface area contributed by atoms with Gasteiger partial charge in [-0.05, 0) is 25.0 Å². The molecule has 98 valence electrons. The third kappa shape index (κ3) is 2.71. The van der Waals surface area contributed by atoms with Crippen LogP contribution in [-0.2, 0) is 4.74 Å². The minimum Gasteiger partial charge on any atom is -0.376 e. The van der Waals surface area contributed by atoms with Crippen molar-refractivity contribution in [1.82, 2.24) is 15.3 Å². The lowest BCUT2D eigenvalue weighted by Gasteiger charge is -2.10. The Labute approximate surface area is 111 Å². The molecule has 1 aliphatic rings. The Bertz CT molecular complexity index is 594. The molecule has 1 atom stereocenters. The van der Waals surface area contributed by atoms with Crippen LogP contribution >= 0.6 is 0 Å². The second kappa shape index (κ2) is 5.32. The summed E-state index contributed by atoms with van der Waals surface area (Å²) in [6, 6.07) is 7.49. The van der Waals surface area contributed by atoms with Crippen LogP contribution in [0.4, 0.5) is 0 Å². The molecule has 1 aromatic heterocycles. The van der Waals surface area contributed by atoms with Crippen molar-refractivity contribution in [2.75, 3.05) is 13.2 Å². The van der Waals surface area contributed by atoms with E-state index in [0.29, 0.717) is 12.2 Å². The molecule has 1 amide bonds. The SMILES string of the molecule is O=C(NCC1CCCO1)c1cnc2ccccc2n1. The second-order valence-corrected chi connectivity index (χ2v) is 4.59. The fourth-order valence-corrected chi connectivity index (χ4v) is 2.17. The van der Waals surface area contributed by atoms with Crippen LogP contribution in [-0.4, -0.2) is 35.1 Å². The van der Waals surface area contributed by atoms with E-state index in [1.54, 1.807) is 0 Å². The Morgan fingerprint density at radius 3 is 3.00 bits per heavy atom. The van der Waals surface area contributed by atoms with Crippen molar-refractivity contribution in [3.05, 3.63) is 36.2 Å². The Balaban J connectivity index is 1.70. The number of carbonyl (C=O) groups excluding carboxylic acids is 1. The quantitative estimate of drug-likeness (QED) is 0.905. The summed E-state index contributed by atoms with van der Waals surface area (Å²) in [6.07, 6.45) is 3.71. The predicted molar refractivity (Wildman–Crippen MR) is 70.8 cm³/mol. The van der Waals surface area contributed by atoms with Gasteiger partial charge < -0.3 is 10.1 Å². The molecule has 1 saturated heterocycles. The normalized spacial score (nSPS) is 18.6. The van der Waals surface area contributed by atoms with E-state index in [0.717, 1.165) is 30.5 Å². The van der Waals surface area contributed by atoms with Crippen molar-refractivity contribution < 1.29 is 9.53 Å². The first-order chi connectivity index (χ1) is 9.33. The molecule has 3 rings (SSSR count). The molecule has 0 bridgehead atoms. The van der Waals surface area contributed by atoms with E-state index in [1.807, 2.05) is 24.3 Å². The van der Waals surface area contributed by atoms with E-state index in [1.165, 1.54) is 6.20 Å². The van der Waals surface area contributed by atoms with Crippen molar-refractivity contribution in [1.29, 1.82) is 0 Å². The van der Waals surface area contributed by atoms with Gasteiger partial charge in [-0.15, -0.1) is 0 Å². The van der Waals surface area contributed by atoms with Gasteiger partial charge in [0.15, 0.2) is 0 Å². The van der Waals surface area contributed by atoms with Crippen LogP contribution in [0.15, 0.2) is 30.5 Å². The van der Waals surface area contributed by atoms with E-state index < -0.39 is 0 Å². The summed E-state index contributed by atoms with van der Waals surface area (Å²) in [5.74, 6) is -0.200. The number of benzene rings is 1. The fraction of sp³-hybridized carbons (Fsp3) is 0.357. The average Bonchev–Trinajstić information content (AvgIpc) is 2.97. The monoisotopic (exact) mass is 257 g/mol. The first kappa shape index (κ1) is 12.0. The highest BCUT2D eigenvalue weighted by Crippen LogP contribution is 2.11. The van der Waals surface area contributed by atoms with Gasteiger partial charge in [-0.1, -0.05) is 12.1 Å². The average molecular weight is 257 g/mol. The summed E-state index contributed by atoms with van der Waals surface area (Å²) in [5.41, 5.74) is 1.86. The van der Waals surface area contributed by atoms with Crippen molar-refractivity contribution >= 4 is 16.9 Å². The van der Waals surface area contributed by atoms with Crippen LogP contribution in [0.3, 0.4) is 0 Å². The second-order valence-electron chi connectivity index (χ2n) is 4.59. The van der Waals surface area contributed by atoms with Crippen LogP contribution in [0.1, 0.15) is 23.3 Å². The van der Waals surface area contributed by atoms with Gasteiger partial charge in [0, 0.05) is 13.2 Å². The zero-order valence-corrected chi connectivity index (χ0v) is 10.5. The van der Waals surface area contributed by atoms with Gasteiger partial charge >= 0.3 is 0 Å². The third-order valence-corrected chi connectivity index (χ3v) is 3.20. The highest BCUT2D eigenvalue weighted by atomic mass is 16.5. The maximum atomic E-state index is 12.0. The number of carbonyl (C=O) groups is 1. The van der Waals surface area contributed by atoms with Gasteiger partial charge in [-0.3, -0.25) is 9.78 Å². The molecule has 0 saturated carbocycles. The summed E-state index contributed by atoms with van der Waals surface area (Å²) in [5, 5.41) is 2.84. The first-order valence-electron chi connectivity index (χ1n) is 6.44. The van der Waals surface area contributed by atoms with E-state index in [9.17, 15) is 4.79 Å². The maximum absolute atomic E-state index is 12.0. The number of fused-ring (bicyclic) bond motifs is 1. The van der Waals surface area contributed by atoms with Crippen molar-refractivity contribution in [3.63, 3.8) is 0 Å². The smallest absolute Gasteiger partial charge is 0.271 e. The van der Waals surface area contributed by atoms with Crippen LogP contribution in [0, 0.1) is 0 Å². The molecule has 0 aliphatic carbocycles. The molecule has 1 aliphatic heterocycles. The predicted octanol–water partition coefficient (Wildman–Crippen LogP) is 1.54. The Morgan fingerprint density at radius 1 is 1.37 bits per heavy atom. The largest absolute Gasteiger partial charge is 0.376 e. The maximum Gasteiger partial charge on any atom is 0.271 e. The molecule has 1 N–H and O–H groups in total. The van der Waals surface area contributed by atoms with E-state index in [-0.39, 0.29) is 12.0 Å². The van der Waals surface area contributed by atoms with Gasteiger partial charge in [0.05, 0.1) is 23.3 Å². The Morgan fingerprint density at radius 2 is 2.21 bits per heavy atom. The number of amides is 1. The molecule has 0 radical (unpaired) electrons. The molecule has 1 fully saturated rings. The number of hydrogen-bond donors (Lipinski definition) is 1. The van der Waals surface area contributed by atoms with Crippen molar-refractivity contribution in [2.24, 2.45) is 0 Å². The van der Waals surface area contributed by atoms with Crippen LogP contribution in [0.5, 0.6) is 0 Å². The lowest BCUT2D eigenvalue weighted by molar-refractivity contribution is 0.0853. The zero-order chi connectivity index (χ0) is 13.1. The number of ether oxygens (including phenoxy) is 1. The summed E-state index contributed by atoms with van der Waals surface area (Å²) in [4.78, 5) is 20.5. The molecule has 5 nitrogen and oxygen atoms in total. The molecule has 2 heterocycles. The van der Waals surface area contributed by atoms with Gasteiger partial charge in [-0.25, -0.2) is 4.98 Å². The number of para-hydroxylation sites is 2. The molecule has 2 aromatic rings. The number of nitrogens with one attached hydrogen (secondary N) is 1. The van der Waals surface area contributed by atoms with Gasteiger partial charge in [0.25, 0.3) is 5.91 Å². The van der Waals surface area contributed by atoms with Crippen LogP contribution < -0.4 is 5.32 Å². The van der Waals surface area contributed by atoms with Crippen molar-refractivity contribution in [2.45, 2.75) is 18.9 Å². The van der Waals surface area contributed by atoms with Crippen LogP contribution in [0.2, 0.25) is 0 Å². The molecule has 5 heteroatoms.